The van der Waals surface area contributed by atoms with Gasteiger partial charge in [0.2, 0.25) is 0 Å². The fraction of sp³-hybridized carbons (Fsp3) is 0.846. The maximum atomic E-state index is 10.5. The zero-order valence-corrected chi connectivity index (χ0v) is 10.4. The normalized spacial score (nSPS) is 25.6. The number of ether oxygens (including phenoxy) is 1. The van der Waals surface area contributed by atoms with E-state index < -0.39 is 5.60 Å². The second-order valence-corrected chi connectivity index (χ2v) is 5.43. The Labute approximate surface area is 98.1 Å². The number of piperidine rings is 1. The van der Waals surface area contributed by atoms with Gasteiger partial charge in [-0.3, -0.25) is 0 Å². The lowest BCUT2D eigenvalue weighted by atomic mass is 9.89. The standard InChI is InChI=1S/C13H23NO2/c1-11(2)10-14-7-5-13(15,6-8-14)12-4-3-9-16-12/h4,11,15H,3,5-10H2,1-2H3. The number of nitrogens with zero attached hydrogens (tertiary/aromatic N) is 1. The summed E-state index contributed by atoms with van der Waals surface area (Å²) in [5.41, 5.74) is -0.677. The van der Waals surface area contributed by atoms with Gasteiger partial charge in [-0.15, -0.1) is 0 Å². The summed E-state index contributed by atoms with van der Waals surface area (Å²) in [6, 6.07) is 0. The molecule has 0 aliphatic carbocycles. The molecule has 0 amide bonds. The van der Waals surface area contributed by atoms with Gasteiger partial charge in [-0.05, 0) is 24.8 Å². The number of rotatable bonds is 3. The molecule has 0 unspecified atom stereocenters. The first kappa shape index (κ1) is 11.9. The Balaban J connectivity index is 1.88. The minimum absolute atomic E-state index is 0.677. The number of aliphatic hydroxyl groups is 1. The molecular formula is C13H23NO2. The molecule has 0 bridgehead atoms. The van der Waals surface area contributed by atoms with Gasteiger partial charge in [-0.2, -0.15) is 0 Å². The van der Waals surface area contributed by atoms with Crippen molar-refractivity contribution in [3.05, 3.63) is 11.8 Å². The topological polar surface area (TPSA) is 32.7 Å². The quantitative estimate of drug-likeness (QED) is 0.794. The van der Waals surface area contributed by atoms with Crippen molar-refractivity contribution in [2.24, 2.45) is 5.92 Å². The molecule has 0 aromatic heterocycles. The molecule has 92 valence electrons. The van der Waals surface area contributed by atoms with Crippen molar-refractivity contribution in [3.63, 3.8) is 0 Å². The summed E-state index contributed by atoms with van der Waals surface area (Å²) in [6.45, 7) is 8.32. The SMILES string of the molecule is CC(C)CN1CCC(O)(C2=CCCO2)CC1. The first-order valence-corrected chi connectivity index (χ1v) is 6.38. The Bertz CT molecular complexity index is 265. The molecule has 2 aliphatic heterocycles. The van der Waals surface area contributed by atoms with Crippen LogP contribution >= 0.6 is 0 Å². The van der Waals surface area contributed by atoms with Crippen LogP contribution in [-0.4, -0.2) is 41.8 Å². The molecule has 1 N–H and O–H groups in total. The molecule has 0 atom stereocenters. The minimum atomic E-state index is -0.677. The zero-order chi connectivity index (χ0) is 11.6. The number of hydrogen-bond donors (Lipinski definition) is 1. The molecule has 2 aliphatic rings. The van der Waals surface area contributed by atoms with Crippen LogP contribution in [0.15, 0.2) is 11.8 Å². The first-order chi connectivity index (χ1) is 7.60. The molecule has 2 rings (SSSR count). The Morgan fingerprint density at radius 1 is 1.44 bits per heavy atom. The molecule has 3 nitrogen and oxygen atoms in total. The summed E-state index contributed by atoms with van der Waals surface area (Å²) in [5, 5.41) is 10.5. The fourth-order valence-electron chi connectivity index (χ4n) is 2.61. The van der Waals surface area contributed by atoms with Crippen LogP contribution in [-0.2, 0) is 4.74 Å². The lowest BCUT2D eigenvalue weighted by Gasteiger charge is -2.38. The summed E-state index contributed by atoms with van der Waals surface area (Å²) in [4.78, 5) is 2.44. The van der Waals surface area contributed by atoms with Gasteiger partial charge in [-0.25, -0.2) is 0 Å². The van der Waals surface area contributed by atoms with Crippen molar-refractivity contribution in [2.45, 2.75) is 38.7 Å². The van der Waals surface area contributed by atoms with E-state index in [2.05, 4.69) is 24.8 Å². The third-order valence-electron chi connectivity index (χ3n) is 3.47. The van der Waals surface area contributed by atoms with Gasteiger partial charge in [0, 0.05) is 26.1 Å². The summed E-state index contributed by atoms with van der Waals surface area (Å²) in [7, 11) is 0. The average molecular weight is 225 g/mol. The van der Waals surface area contributed by atoms with Gasteiger partial charge in [0.25, 0.3) is 0 Å². The molecule has 3 heteroatoms. The van der Waals surface area contributed by atoms with Crippen LogP contribution < -0.4 is 0 Å². The van der Waals surface area contributed by atoms with E-state index in [0.717, 1.165) is 51.3 Å². The molecule has 16 heavy (non-hydrogen) atoms. The third-order valence-corrected chi connectivity index (χ3v) is 3.47. The van der Waals surface area contributed by atoms with Gasteiger partial charge in [0.15, 0.2) is 0 Å². The monoisotopic (exact) mass is 225 g/mol. The molecule has 1 saturated heterocycles. The Morgan fingerprint density at radius 2 is 2.12 bits per heavy atom. The van der Waals surface area contributed by atoms with Crippen LogP contribution in [0.4, 0.5) is 0 Å². The smallest absolute Gasteiger partial charge is 0.124 e. The van der Waals surface area contributed by atoms with E-state index in [-0.39, 0.29) is 0 Å². The van der Waals surface area contributed by atoms with Crippen molar-refractivity contribution in [3.8, 4) is 0 Å². The van der Waals surface area contributed by atoms with E-state index in [1.54, 1.807) is 0 Å². The van der Waals surface area contributed by atoms with Gasteiger partial charge in [-0.1, -0.05) is 13.8 Å². The third kappa shape index (κ3) is 2.58. The summed E-state index contributed by atoms with van der Waals surface area (Å²) >= 11 is 0. The average Bonchev–Trinajstić information content (AvgIpc) is 2.75. The number of hydrogen-bond acceptors (Lipinski definition) is 3. The maximum Gasteiger partial charge on any atom is 0.124 e. The molecule has 0 aromatic rings. The number of likely N-dealkylation sites (tertiary alicyclic amines) is 1. The highest BCUT2D eigenvalue weighted by atomic mass is 16.5. The second kappa shape index (κ2) is 4.76. The fourth-order valence-corrected chi connectivity index (χ4v) is 2.61. The predicted molar refractivity (Wildman–Crippen MR) is 64.1 cm³/mol. The van der Waals surface area contributed by atoms with Crippen molar-refractivity contribution in [1.82, 2.24) is 4.90 Å². The summed E-state index contributed by atoms with van der Waals surface area (Å²) in [6.07, 6.45) is 4.63. The van der Waals surface area contributed by atoms with E-state index in [1.807, 2.05) is 0 Å². The van der Waals surface area contributed by atoms with Crippen molar-refractivity contribution >= 4 is 0 Å². The van der Waals surface area contributed by atoms with Gasteiger partial charge in [0.05, 0.1) is 6.61 Å². The highest BCUT2D eigenvalue weighted by Crippen LogP contribution is 2.33. The van der Waals surface area contributed by atoms with Crippen LogP contribution in [0.25, 0.3) is 0 Å². The molecular weight excluding hydrogens is 202 g/mol. The molecule has 1 fully saturated rings. The molecule has 2 heterocycles. The maximum absolute atomic E-state index is 10.5. The Hall–Kier alpha value is -0.540. The predicted octanol–water partition coefficient (Wildman–Crippen LogP) is 1.77. The van der Waals surface area contributed by atoms with E-state index >= 15 is 0 Å². The van der Waals surface area contributed by atoms with Crippen molar-refractivity contribution in [2.75, 3.05) is 26.2 Å². The summed E-state index contributed by atoms with van der Waals surface area (Å²) < 4.78 is 5.50. The lowest BCUT2D eigenvalue weighted by molar-refractivity contribution is -0.0316. The molecule has 0 spiro atoms. The van der Waals surface area contributed by atoms with Gasteiger partial charge in [0.1, 0.15) is 11.4 Å². The van der Waals surface area contributed by atoms with E-state index in [4.69, 9.17) is 4.74 Å². The van der Waals surface area contributed by atoms with Crippen molar-refractivity contribution in [1.29, 1.82) is 0 Å². The lowest BCUT2D eigenvalue weighted by Crippen LogP contribution is -2.46. The molecule has 0 saturated carbocycles. The van der Waals surface area contributed by atoms with Crippen LogP contribution in [0.3, 0.4) is 0 Å². The molecule has 0 radical (unpaired) electrons. The Kier molecular flexibility index (Phi) is 3.55. The highest BCUT2D eigenvalue weighted by molar-refractivity contribution is 5.14. The van der Waals surface area contributed by atoms with Gasteiger partial charge >= 0.3 is 0 Å². The summed E-state index contributed by atoms with van der Waals surface area (Å²) in [5.74, 6) is 1.53. The van der Waals surface area contributed by atoms with E-state index in [0.29, 0.717) is 5.92 Å². The van der Waals surface area contributed by atoms with E-state index in [1.165, 1.54) is 0 Å². The van der Waals surface area contributed by atoms with Crippen molar-refractivity contribution < 1.29 is 9.84 Å². The van der Waals surface area contributed by atoms with Crippen LogP contribution in [0.2, 0.25) is 0 Å². The van der Waals surface area contributed by atoms with Crippen LogP contribution in [0, 0.1) is 5.92 Å². The van der Waals surface area contributed by atoms with Crippen LogP contribution in [0.1, 0.15) is 33.1 Å². The van der Waals surface area contributed by atoms with Crippen LogP contribution in [0.5, 0.6) is 0 Å². The second-order valence-electron chi connectivity index (χ2n) is 5.43. The van der Waals surface area contributed by atoms with Gasteiger partial charge < -0.3 is 14.7 Å². The first-order valence-electron chi connectivity index (χ1n) is 6.38. The largest absolute Gasteiger partial charge is 0.495 e. The zero-order valence-electron chi connectivity index (χ0n) is 10.4. The minimum Gasteiger partial charge on any atom is -0.495 e. The molecule has 0 aromatic carbocycles. The Morgan fingerprint density at radius 3 is 2.62 bits per heavy atom. The van der Waals surface area contributed by atoms with E-state index in [9.17, 15) is 5.11 Å². The highest BCUT2D eigenvalue weighted by Gasteiger charge is 2.38.